The summed E-state index contributed by atoms with van der Waals surface area (Å²) >= 11 is 0. The van der Waals surface area contributed by atoms with E-state index >= 15 is 0 Å². The van der Waals surface area contributed by atoms with Gasteiger partial charge in [-0.3, -0.25) is 4.79 Å². The van der Waals surface area contributed by atoms with Crippen LogP contribution >= 0.6 is 0 Å². The molecule has 0 aromatic heterocycles. The van der Waals surface area contributed by atoms with Crippen LogP contribution in [0.1, 0.15) is 97.0 Å². The van der Waals surface area contributed by atoms with Gasteiger partial charge in [-0.05, 0) is 79.1 Å². The summed E-state index contributed by atoms with van der Waals surface area (Å²) in [5, 5.41) is -0.104. The number of amides is 2. The molecule has 1 aromatic carbocycles. The van der Waals surface area contributed by atoms with Crippen molar-refractivity contribution in [1.29, 1.82) is 0 Å². The van der Waals surface area contributed by atoms with Gasteiger partial charge in [-0.2, -0.15) is 0 Å². The summed E-state index contributed by atoms with van der Waals surface area (Å²) < 4.78 is 25.9. The Kier molecular flexibility index (Phi) is 17.9. The number of carbonyl (C=O) groups excluding carboxylic acids is 3. The van der Waals surface area contributed by atoms with Crippen molar-refractivity contribution >= 4 is 42.7 Å². The lowest BCUT2D eigenvalue weighted by molar-refractivity contribution is -0.122. The Morgan fingerprint density at radius 2 is 1.58 bits per heavy atom. The number of esters is 1. The first-order chi connectivity index (χ1) is 25.3. The minimum absolute atomic E-state index is 0.0240. The second kappa shape index (κ2) is 20.4. The largest absolute Gasteiger partial charge is 0.543 e. The van der Waals surface area contributed by atoms with E-state index < -0.39 is 48.8 Å². The van der Waals surface area contributed by atoms with Crippen molar-refractivity contribution in [3.8, 4) is 5.75 Å². The molecule has 8 nitrogen and oxygen atoms in total. The lowest BCUT2D eigenvalue weighted by atomic mass is 9.93. The number of carbonyl (C=O) groups is 3. The van der Waals surface area contributed by atoms with E-state index in [9.17, 15) is 14.4 Å². The van der Waals surface area contributed by atoms with Gasteiger partial charge in [-0.25, -0.2) is 14.5 Å². The minimum Gasteiger partial charge on any atom is -0.543 e. The molecular formula is C44H73NO7Si3. The summed E-state index contributed by atoms with van der Waals surface area (Å²) in [6, 6.07) is 6.56. The zero-order valence-electron chi connectivity index (χ0n) is 36.8. The maximum atomic E-state index is 14.5. The molecule has 0 bridgehead atoms. The van der Waals surface area contributed by atoms with Gasteiger partial charge in [0.05, 0.1) is 12.7 Å². The smallest absolute Gasteiger partial charge is 0.420 e. The third-order valence-electron chi connectivity index (χ3n) is 11.0. The Bertz CT molecular complexity index is 1560. The number of allylic oxidation sites excluding steroid dienone is 5. The van der Waals surface area contributed by atoms with Gasteiger partial charge in [-0.15, -0.1) is 0 Å². The number of fused-ring (bicyclic) bond motifs is 1. The zero-order chi connectivity index (χ0) is 41.8. The number of imide groups is 1. The van der Waals surface area contributed by atoms with E-state index in [-0.39, 0.29) is 35.1 Å². The van der Waals surface area contributed by atoms with E-state index in [1.165, 1.54) is 12.3 Å². The predicted octanol–water partition coefficient (Wildman–Crippen LogP) is 12.2. The van der Waals surface area contributed by atoms with Crippen LogP contribution in [0, 0.1) is 5.92 Å². The fraction of sp³-hybridized carbons (Fsp3) is 0.614. The monoisotopic (exact) mass is 811 g/mol. The number of nitrogens with zero attached hydrogens (tertiary/aromatic N) is 1. The highest BCUT2D eigenvalue weighted by atomic mass is 28.4. The van der Waals surface area contributed by atoms with E-state index in [1.807, 2.05) is 31.2 Å². The molecule has 0 fully saturated rings. The van der Waals surface area contributed by atoms with Crippen LogP contribution < -0.4 is 4.43 Å². The summed E-state index contributed by atoms with van der Waals surface area (Å²) in [4.78, 5) is 42.2. The molecular weight excluding hydrogens is 739 g/mol. The van der Waals surface area contributed by atoms with Gasteiger partial charge < -0.3 is 18.3 Å². The Morgan fingerprint density at radius 1 is 0.927 bits per heavy atom. The van der Waals surface area contributed by atoms with Gasteiger partial charge in [0.15, 0.2) is 8.32 Å². The molecule has 1 aromatic rings. The minimum atomic E-state index is -2.32. The quantitative estimate of drug-likeness (QED) is 0.0644. The van der Waals surface area contributed by atoms with Crippen molar-refractivity contribution in [3.05, 3.63) is 78.1 Å². The normalized spacial score (nSPS) is 20.1. The molecule has 55 heavy (non-hydrogen) atoms. The Balaban J connectivity index is 2.64. The van der Waals surface area contributed by atoms with Crippen molar-refractivity contribution in [2.24, 2.45) is 5.92 Å². The average molecular weight is 812 g/mol. The number of rotatable bonds is 13. The number of ether oxygens (including phenoxy) is 2. The van der Waals surface area contributed by atoms with Crippen LogP contribution in [0.5, 0.6) is 5.75 Å². The molecule has 2 rings (SSSR count). The molecule has 308 valence electrons. The van der Waals surface area contributed by atoms with Gasteiger partial charge in [0, 0.05) is 33.2 Å². The second-order valence-corrected chi connectivity index (χ2v) is 34.3. The SMILES string of the molecule is CC/C=C\C=C/C(=O)N(/C=C/C[C@@H]1C[C@H](O[Si](C)(C)C(C)(C)C)[C@H](C)C/C=C/Cc2cccc(O[Si](C)(C)C(C)(C)C)c2C(=O)O1)C(=O)OCC[Si](C)(C)C. The summed E-state index contributed by atoms with van der Waals surface area (Å²) in [7, 11) is -6.02. The summed E-state index contributed by atoms with van der Waals surface area (Å²) in [5.41, 5.74) is 1.28. The molecule has 11 heteroatoms. The average Bonchev–Trinajstić information content (AvgIpc) is 3.04. The van der Waals surface area contributed by atoms with E-state index in [1.54, 1.807) is 18.2 Å². The summed E-state index contributed by atoms with van der Waals surface area (Å²) in [6.07, 6.45) is 15.5. The third-order valence-corrected chi connectivity index (χ3v) is 21.6. The van der Waals surface area contributed by atoms with Crippen molar-refractivity contribution in [1.82, 2.24) is 4.90 Å². The Hall–Kier alpha value is -3.00. The molecule has 0 saturated carbocycles. The van der Waals surface area contributed by atoms with Crippen molar-refractivity contribution in [2.75, 3.05) is 6.61 Å². The van der Waals surface area contributed by atoms with Gasteiger partial charge in [0.1, 0.15) is 17.4 Å². The highest BCUT2D eigenvalue weighted by Gasteiger charge is 2.42. The number of cyclic esters (lactones) is 1. The fourth-order valence-corrected chi connectivity index (χ4v) is 8.45. The molecule has 1 aliphatic heterocycles. The van der Waals surface area contributed by atoms with Crippen molar-refractivity contribution in [2.45, 2.75) is 162 Å². The van der Waals surface area contributed by atoms with Crippen LogP contribution in [0.2, 0.25) is 61.9 Å². The van der Waals surface area contributed by atoms with Gasteiger partial charge in [-0.1, -0.05) is 124 Å². The predicted molar refractivity (Wildman–Crippen MR) is 235 cm³/mol. The lowest BCUT2D eigenvalue weighted by Crippen LogP contribution is -2.46. The summed E-state index contributed by atoms with van der Waals surface area (Å²) in [5.74, 6) is -0.298. The lowest BCUT2D eigenvalue weighted by Gasteiger charge is -2.41. The van der Waals surface area contributed by atoms with Crippen LogP contribution in [-0.4, -0.2) is 66.4 Å². The number of benzene rings is 1. The molecule has 3 atom stereocenters. The molecule has 1 heterocycles. The van der Waals surface area contributed by atoms with Crippen LogP contribution in [0.25, 0.3) is 0 Å². The topological polar surface area (TPSA) is 91.4 Å². The molecule has 0 N–H and O–H groups in total. The van der Waals surface area contributed by atoms with Crippen LogP contribution in [0.3, 0.4) is 0 Å². The van der Waals surface area contributed by atoms with Crippen LogP contribution in [-0.2, 0) is 25.1 Å². The highest BCUT2D eigenvalue weighted by molar-refractivity contribution is 6.76. The van der Waals surface area contributed by atoms with E-state index in [4.69, 9.17) is 18.3 Å². The second-order valence-electron chi connectivity index (χ2n) is 19.2. The molecule has 1 aliphatic rings. The van der Waals surface area contributed by atoms with Gasteiger partial charge >= 0.3 is 12.1 Å². The van der Waals surface area contributed by atoms with Crippen molar-refractivity contribution < 1.29 is 32.7 Å². The molecule has 0 unspecified atom stereocenters. The van der Waals surface area contributed by atoms with E-state index in [0.717, 1.165) is 29.3 Å². The Labute approximate surface area is 337 Å². The van der Waals surface area contributed by atoms with Crippen LogP contribution in [0.15, 0.2) is 66.9 Å². The first-order valence-corrected chi connectivity index (χ1v) is 29.7. The fourth-order valence-electron chi connectivity index (χ4n) is 5.27. The third kappa shape index (κ3) is 15.5. The van der Waals surface area contributed by atoms with Gasteiger partial charge in [0.2, 0.25) is 0 Å². The molecule has 0 spiro atoms. The summed E-state index contributed by atoms with van der Waals surface area (Å²) in [6.45, 7) is 33.1. The number of hydrogen-bond acceptors (Lipinski definition) is 7. The maximum Gasteiger partial charge on any atom is 0.420 e. The maximum absolute atomic E-state index is 14.5. The molecule has 0 radical (unpaired) electrons. The Morgan fingerprint density at radius 3 is 2.18 bits per heavy atom. The standard InChI is InChI=1S/C44H73NO7Si3/c1-16-17-18-19-29-39(46)45(42(48)49-31-32-53(9,10)11)30-23-27-36-33-38(52-55(14,15)44(6,7)8)34(2)24-20-21-25-35-26-22-28-37(40(35)41(47)50-36)51-54(12,13)43(3,4)5/h17-23,26,28-30,34,36,38H,16,24-25,27,31-33H2,1-15H3/b18-17-,21-20+,29-19-,30-23+/t34-,36-,38+/m1/s1. The van der Waals surface area contributed by atoms with Crippen LogP contribution in [0.4, 0.5) is 4.79 Å². The highest BCUT2D eigenvalue weighted by Crippen LogP contribution is 2.41. The van der Waals surface area contributed by atoms with Gasteiger partial charge in [0.25, 0.3) is 14.2 Å². The first-order valence-electron chi connectivity index (χ1n) is 20.1. The first kappa shape index (κ1) is 48.2. The number of hydrogen-bond donors (Lipinski definition) is 0. The molecule has 0 saturated heterocycles. The molecule has 0 aliphatic carbocycles. The van der Waals surface area contributed by atoms with E-state index in [0.29, 0.717) is 24.2 Å². The zero-order valence-corrected chi connectivity index (χ0v) is 39.8. The molecule has 2 amide bonds. The van der Waals surface area contributed by atoms with Crippen molar-refractivity contribution in [3.63, 3.8) is 0 Å². The van der Waals surface area contributed by atoms with E-state index in [2.05, 4.69) is 106 Å².